The summed E-state index contributed by atoms with van der Waals surface area (Å²) in [5, 5.41) is 5.38. The molecule has 2 atom stereocenters. The first kappa shape index (κ1) is 15.0. The van der Waals surface area contributed by atoms with E-state index >= 15 is 0 Å². The lowest BCUT2D eigenvalue weighted by atomic mass is 9.91. The fourth-order valence-corrected chi connectivity index (χ4v) is 5.09. The molecule has 5 heteroatoms. The van der Waals surface area contributed by atoms with Crippen LogP contribution < -0.4 is 5.32 Å². The molecular formula is C14H23NO2S2. The molecule has 3 nitrogen and oxygen atoms in total. The average molecular weight is 301 g/mol. The minimum atomic E-state index is -2.93. The number of nitrogens with one attached hydrogen (secondary N) is 1. The van der Waals surface area contributed by atoms with Crippen LogP contribution in [0, 0.1) is 0 Å². The number of hydrogen-bond donors (Lipinski definition) is 1. The molecule has 1 aromatic heterocycles. The van der Waals surface area contributed by atoms with Crippen LogP contribution in [0.1, 0.15) is 38.0 Å². The number of hydrogen-bond acceptors (Lipinski definition) is 4. The van der Waals surface area contributed by atoms with Crippen LogP contribution >= 0.6 is 11.3 Å². The summed E-state index contributed by atoms with van der Waals surface area (Å²) >= 11 is 1.76. The van der Waals surface area contributed by atoms with E-state index in [0.717, 1.165) is 25.8 Å². The Morgan fingerprint density at radius 2 is 2.16 bits per heavy atom. The molecule has 19 heavy (non-hydrogen) atoms. The Bertz CT molecular complexity index is 506. The maximum Gasteiger partial charge on any atom is 0.151 e. The molecular weight excluding hydrogens is 278 g/mol. The van der Waals surface area contributed by atoms with Gasteiger partial charge in [-0.25, -0.2) is 8.42 Å². The molecule has 2 rings (SSSR count). The highest BCUT2D eigenvalue weighted by molar-refractivity contribution is 7.91. The van der Waals surface area contributed by atoms with Crippen molar-refractivity contribution < 1.29 is 8.42 Å². The zero-order chi connectivity index (χ0) is 14.1. The van der Waals surface area contributed by atoms with Crippen molar-refractivity contribution in [3.8, 4) is 0 Å². The highest BCUT2D eigenvalue weighted by Gasteiger charge is 2.35. The Balaban J connectivity index is 1.99. The standard InChI is InChI=1S/C14H23NO2S2/c1-14(2,13-8-5-9-18-13)10-15-11-6-4-7-12(11)19(3,16)17/h5,8-9,11-12,15H,4,6-7,10H2,1-3H3. The van der Waals surface area contributed by atoms with E-state index in [-0.39, 0.29) is 16.7 Å². The number of sulfone groups is 1. The summed E-state index contributed by atoms with van der Waals surface area (Å²) in [6.45, 7) is 5.23. The summed E-state index contributed by atoms with van der Waals surface area (Å²) in [6.07, 6.45) is 4.14. The largest absolute Gasteiger partial charge is 0.312 e. The molecule has 0 radical (unpaired) electrons. The van der Waals surface area contributed by atoms with Gasteiger partial charge in [0.05, 0.1) is 5.25 Å². The Morgan fingerprint density at radius 1 is 1.42 bits per heavy atom. The topological polar surface area (TPSA) is 46.2 Å². The summed E-state index contributed by atoms with van der Waals surface area (Å²) in [4.78, 5) is 1.34. The molecule has 0 saturated heterocycles. The van der Waals surface area contributed by atoms with E-state index in [2.05, 4.69) is 36.7 Å². The van der Waals surface area contributed by atoms with Crippen molar-refractivity contribution in [2.24, 2.45) is 0 Å². The van der Waals surface area contributed by atoms with Crippen molar-refractivity contribution in [2.75, 3.05) is 12.8 Å². The summed E-state index contributed by atoms with van der Waals surface area (Å²) in [5.41, 5.74) is 0.0544. The predicted octanol–water partition coefficient (Wildman–Crippen LogP) is 2.58. The molecule has 1 aliphatic rings. The fraction of sp³-hybridized carbons (Fsp3) is 0.714. The van der Waals surface area contributed by atoms with Gasteiger partial charge in [-0.2, -0.15) is 0 Å². The summed E-state index contributed by atoms with van der Waals surface area (Å²) < 4.78 is 23.5. The van der Waals surface area contributed by atoms with Crippen LogP contribution in [0.25, 0.3) is 0 Å². The molecule has 1 aliphatic carbocycles. The molecule has 1 aromatic rings. The highest BCUT2D eigenvalue weighted by Crippen LogP contribution is 2.29. The molecule has 2 unspecified atom stereocenters. The monoisotopic (exact) mass is 301 g/mol. The van der Waals surface area contributed by atoms with E-state index in [9.17, 15) is 8.42 Å². The van der Waals surface area contributed by atoms with Crippen molar-refractivity contribution in [1.29, 1.82) is 0 Å². The lowest BCUT2D eigenvalue weighted by Gasteiger charge is -2.28. The Labute approximate surface area is 120 Å². The lowest BCUT2D eigenvalue weighted by Crippen LogP contribution is -2.44. The molecule has 0 aromatic carbocycles. The van der Waals surface area contributed by atoms with E-state index in [1.807, 2.05) is 0 Å². The summed E-state index contributed by atoms with van der Waals surface area (Å²) in [7, 11) is -2.93. The first-order valence-electron chi connectivity index (χ1n) is 6.77. The minimum absolute atomic E-state index is 0.0544. The van der Waals surface area contributed by atoms with Gasteiger partial charge in [0.15, 0.2) is 9.84 Å². The van der Waals surface area contributed by atoms with Gasteiger partial charge in [-0.3, -0.25) is 0 Å². The number of thiophene rings is 1. The second kappa shape index (κ2) is 5.54. The highest BCUT2D eigenvalue weighted by atomic mass is 32.2. The molecule has 0 aliphatic heterocycles. The van der Waals surface area contributed by atoms with Gasteiger partial charge < -0.3 is 5.32 Å². The second-order valence-electron chi connectivity index (χ2n) is 6.15. The van der Waals surface area contributed by atoms with Crippen molar-refractivity contribution >= 4 is 21.2 Å². The lowest BCUT2D eigenvalue weighted by molar-refractivity contribution is 0.422. The molecule has 0 amide bonds. The first-order chi connectivity index (χ1) is 8.81. The third-order valence-corrected chi connectivity index (χ3v) is 6.90. The van der Waals surface area contributed by atoms with Crippen molar-refractivity contribution in [1.82, 2.24) is 5.32 Å². The fourth-order valence-electron chi connectivity index (χ4n) is 2.81. The maximum absolute atomic E-state index is 11.8. The van der Waals surface area contributed by atoms with Gasteiger partial charge >= 0.3 is 0 Å². The smallest absolute Gasteiger partial charge is 0.151 e. The normalized spacial score (nSPS) is 24.8. The molecule has 1 heterocycles. The van der Waals surface area contributed by atoms with Crippen LogP contribution in [0.4, 0.5) is 0 Å². The first-order valence-corrected chi connectivity index (χ1v) is 9.60. The summed E-state index contributed by atoms with van der Waals surface area (Å²) in [5.74, 6) is 0. The van der Waals surface area contributed by atoms with Crippen LogP contribution in [0.5, 0.6) is 0 Å². The molecule has 0 spiro atoms. The summed E-state index contributed by atoms with van der Waals surface area (Å²) in [6, 6.07) is 4.33. The van der Waals surface area contributed by atoms with Crippen molar-refractivity contribution in [3.63, 3.8) is 0 Å². The number of rotatable bonds is 5. The minimum Gasteiger partial charge on any atom is -0.312 e. The quantitative estimate of drug-likeness (QED) is 0.909. The van der Waals surface area contributed by atoms with Crippen molar-refractivity contribution in [3.05, 3.63) is 22.4 Å². The van der Waals surface area contributed by atoms with E-state index in [4.69, 9.17) is 0 Å². The molecule has 1 fully saturated rings. The second-order valence-corrected chi connectivity index (χ2v) is 9.36. The zero-order valence-electron chi connectivity index (χ0n) is 11.8. The van der Waals surface area contributed by atoms with E-state index in [1.54, 1.807) is 11.3 Å². The Hall–Kier alpha value is -0.390. The van der Waals surface area contributed by atoms with Crippen LogP contribution in [0.2, 0.25) is 0 Å². The molecule has 1 N–H and O–H groups in total. The van der Waals surface area contributed by atoms with Gasteiger partial charge in [0.25, 0.3) is 0 Å². The van der Waals surface area contributed by atoms with Gasteiger partial charge in [-0.15, -0.1) is 11.3 Å². The molecule has 108 valence electrons. The Kier molecular flexibility index (Phi) is 4.38. The molecule has 1 saturated carbocycles. The predicted molar refractivity (Wildman–Crippen MR) is 81.6 cm³/mol. The van der Waals surface area contributed by atoms with E-state index in [0.29, 0.717) is 0 Å². The third-order valence-electron chi connectivity index (χ3n) is 4.00. The SMILES string of the molecule is CC(C)(CNC1CCCC1S(C)(=O)=O)c1cccs1. The van der Waals surface area contributed by atoms with Gasteiger partial charge in [0.2, 0.25) is 0 Å². The van der Waals surface area contributed by atoms with Crippen molar-refractivity contribution in [2.45, 2.75) is 49.8 Å². The molecule has 0 bridgehead atoms. The third kappa shape index (κ3) is 3.58. The average Bonchev–Trinajstić information content (AvgIpc) is 2.97. The van der Waals surface area contributed by atoms with Crippen LogP contribution in [0.3, 0.4) is 0 Å². The van der Waals surface area contributed by atoms with E-state index in [1.165, 1.54) is 11.1 Å². The van der Waals surface area contributed by atoms with Gasteiger partial charge in [0.1, 0.15) is 0 Å². The van der Waals surface area contributed by atoms with Crippen LogP contribution in [0.15, 0.2) is 17.5 Å². The van der Waals surface area contributed by atoms with Gasteiger partial charge in [0, 0.05) is 29.1 Å². The van der Waals surface area contributed by atoms with Gasteiger partial charge in [-0.05, 0) is 24.3 Å². The van der Waals surface area contributed by atoms with Gasteiger partial charge in [-0.1, -0.05) is 26.3 Å². The van der Waals surface area contributed by atoms with E-state index < -0.39 is 9.84 Å². The van der Waals surface area contributed by atoms with Crippen LogP contribution in [-0.2, 0) is 15.3 Å². The van der Waals surface area contributed by atoms with Crippen LogP contribution in [-0.4, -0.2) is 32.5 Å². The maximum atomic E-state index is 11.8. The zero-order valence-corrected chi connectivity index (χ0v) is 13.5. The Morgan fingerprint density at radius 3 is 2.74 bits per heavy atom.